The summed E-state index contributed by atoms with van der Waals surface area (Å²) < 4.78 is 3.96. The van der Waals surface area contributed by atoms with Crippen molar-refractivity contribution in [1.82, 2.24) is 29.3 Å². The minimum absolute atomic E-state index is 0.108. The van der Waals surface area contributed by atoms with Crippen molar-refractivity contribution in [2.24, 2.45) is 11.1 Å². The van der Waals surface area contributed by atoms with Gasteiger partial charge in [-0.05, 0) is 37.1 Å². The molecule has 0 bridgehead atoms. The highest BCUT2D eigenvalue weighted by molar-refractivity contribution is 7.99. The van der Waals surface area contributed by atoms with Crippen molar-refractivity contribution >= 4 is 29.2 Å². The zero-order valence-corrected chi connectivity index (χ0v) is 19.5. The van der Waals surface area contributed by atoms with Gasteiger partial charge in [0.25, 0.3) is 0 Å². The van der Waals surface area contributed by atoms with E-state index in [0.29, 0.717) is 10.8 Å². The van der Waals surface area contributed by atoms with Crippen LogP contribution >= 0.6 is 23.4 Å². The number of fused-ring (bicyclic) bond motifs is 1. The summed E-state index contributed by atoms with van der Waals surface area (Å²) in [6.07, 6.45) is 13.1. The van der Waals surface area contributed by atoms with Gasteiger partial charge in [0.1, 0.15) is 10.8 Å². The highest BCUT2D eigenvalue weighted by Gasteiger charge is 2.46. The normalized spacial score (nSPS) is 19.2. The molecule has 0 unspecified atom stereocenters. The van der Waals surface area contributed by atoms with E-state index in [-0.39, 0.29) is 11.5 Å². The number of hydrogen-bond acceptors (Lipinski definition) is 7. The molecule has 2 aliphatic heterocycles. The fourth-order valence-electron chi connectivity index (χ4n) is 4.94. The Morgan fingerprint density at radius 1 is 1.03 bits per heavy atom. The van der Waals surface area contributed by atoms with Crippen molar-refractivity contribution in [3.8, 4) is 5.82 Å². The van der Waals surface area contributed by atoms with Crippen LogP contribution in [0, 0.1) is 5.41 Å². The van der Waals surface area contributed by atoms with Crippen molar-refractivity contribution in [1.29, 1.82) is 0 Å². The maximum absolute atomic E-state index is 6.64. The second-order valence-electron chi connectivity index (χ2n) is 8.60. The molecule has 2 aliphatic rings. The summed E-state index contributed by atoms with van der Waals surface area (Å²) in [5.74, 6) is 1.49. The number of anilines is 1. The molecule has 6 heterocycles. The monoisotopic (exact) mass is 478 g/mol. The molecule has 0 saturated carbocycles. The molecule has 4 aromatic heterocycles. The predicted molar refractivity (Wildman–Crippen MR) is 128 cm³/mol. The standard InChI is InChI=1S/C23H23ClN8S/c24-20-17(4-8-26-22(20)32-10-2-7-29-32)33-19-14-27-18(13-28-19)30-11-5-23(6-12-30)15-31-9-1-3-16(31)21(23)25/h1-4,7-10,13-14,21H,5-6,11-12,15,25H2/t21-/m1/s1. The Bertz CT molecular complexity index is 1260. The van der Waals surface area contributed by atoms with E-state index in [1.54, 1.807) is 17.1 Å². The zero-order valence-electron chi connectivity index (χ0n) is 17.9. The van der Waals surface area contributed by atoms with Crippen LogP contribution in [-0.2, 0) is 6.54 Å². The van der Waals surface area contributed by atoms with Gasteiger partial charge in [0.15, 0.2) is 5.82 Å². The molecular weight excluding hydrogens is 456 g/mol. The van der Waals surface area contributed by atoms with Crippen molar-refractivity contribution in [2.75, 3.05) is 18.0 Å². The topological polar surface area (TPSA) is 90.7 Å². The van der Waals surface area contributed by atoms with E-state index in [9.17, 15) is 0 Å². The molecule has 6 rings (SSSR count). The van der Waals surface area contributed by atoms with Crippen LogP contribution in [0.1, 0.15) is 24.6 Å². The molecular formula is C23H23ClN8S. The molecule has 33 heavy (non-hydrogen) atoms. The summed E-state index contributed by atoms with van der Waals surface area (Å²) in [7, 11) is 0. The summed E-state index contributed by atoms with van der Waals surface area (Å²) in [4.78, 5) is 16.8. The summed E-state index contributed by atoms with van der Waals surface area (Å²) in [6, 6.07) is 8.06. The van der Waals surface area contributed by atoms with Gasteiger partial charge in [0.05, 0.1) is 23.5 Å². The number of nitrogens with two attached hydrogens (primary N) is 1. The second-order valence-corrected chi connectivity index (χ2v) is 10.0. The molecule has 1 spiro atoms. The lowest BCUT2D eigenvalue weighted by atomic mass is 9.73. The van der Waals surface area contributed by atoms with Gasteiger partial charge in [0.2, 0.25) is 0 Å². The van der Waals surface area contributed by atoms with E-state index in [4.69, 9.17) is 22.3 Å². The first-order valence-corrected chi connectivity index (χ1v) is 12.1. The van der Waals surface area contributed by atoms with Gasteiger partial charge in [-0.3, -0.25) is 0 Å². The van der Waals surface area contributed by atoms with Crippen molar-refractivity contribution in [3.05, 3.63) is 72.2 Å². The third-order valence-corrected chi connectivity index (χ3v) is 8.26. The van der Waals surface area contributed by atoms with Crippen LogP contribution in [0.15, 0.2) is 71.4 Å². The molecule has 0 aliphatic carbocycles. The first kappa shape index (κ1) is 20.7. The van der Waals surface area contributed by atoms with Crippen molar-refractivity contribution < 1.29 is 0 Å². The van der Waals surface area contributed by atoms with Gasteiger partial charge < -0.3 is 15.2 Å². The largest absolute Gasteiger partial charge is 0.355 e. The maximum atomic E-state index is 6.64. The summed E-state index contributed by atoms with van der Waals surface area (Å²) in [5, 5.41) is 5.54. The molecule has 0 aromatic carbocycles. The van der Waals surface area contributed by atoms with Crippen LogP contribution in [0.3, 0.4) is 0 Å². The number of piperidine rings is 1. The molecule has 0 radical (unpaired) electrons. The van der Waals surface area contributed by atoms with E-state index in [1.165, 1.54) is 17.5 Å². The van der Waals surface area contributed by atoms with E-state index in [0.717, 1.165) is 48.2 Å². The van der Waals surface area contributed by atoms with Crippen LogP contribution in [0.2, 0.25) is 5.02 Å². The average Bonchev–Trinajstić information content (AvgIpc) is 3.57. The Balaban J connectivity index is 1.13. The lowest BCUT2D eigenvalue weighted by Gasteiger charge is -2.41. The molecule has 4 aromatic rings. The SMILES string of the molecule is N[C@@H]1c2cccn2CC12CCN(c1cnc(Sc3ccnc(-n4cccn4)c3Cl)cn1)CC2. The molecule has 2 N–H and O–H groups in total. The van der Waals surface area contributed by atoms with E-state index < -0.39 is 0 Å². The number of rotatable bonds is 4. The third-order valence-electron chi connectivity index (χ3n) is 6.80. The quantitative estimate of drug-likeness (QED) is 0.474. The Labute approximate surface area is 200 Å². The Morgan fingerprint density at radius 3 is 2.64 bits per heavy atom. The highest BCUT2D eigenvalue weighted by atomic mass is 35.5. The number of pyridine rings is 1. The first-order chi connectivity index (χ1) is 16.1. The van der Waals surface area contributed by atoms with E-state index in [1.807, 2.05) is 30.7 Å². The lowest BCUT2D eigenvalue weighted by molar-refractivity contribution is 0.174. The number of nitrogens with zero attached hydrogens (tertiary/aromatic N) is 7. The fourth-order valence-corrected chi connectivity index (χ4v) is 6.00. The van der Waals surface area contributed by atoms with Crippen LogP contribution in [0.25, 0.3) is 5.82 Å². The smallest absolute Gasteiger partial charge is 0.173 e. The fraction of sp³-hybridized carbons (Fsp3) is 0.304. The van der Waals surface area contributed by atoms with Crippen molar-refractivity contribution in [3.63, 3.8) is 0 Å². The van der Waals surface area contributed by atoms with Crippen LogP contribution in [0.5, 0.6) is 0 Å². The molecule has 1 atom stereocenters. The molecule has 10 heteroatoms. The van der Waals surface area contributed by atoms with Gasteiger partial charge >= 0.3 is 0 Å². The van der Waals surface area contributed by atoms with Crippen LogP contribution in [-0.4, -0.2) is 42.4 Å². The maximum Gasteiger partial charge on any atom is 0.173 e. The molecule has 1 saturated heterocycles. The average molecular weight is 479 g/mol. The van der Waals surface area contributed by atoms with Crippen LogP contribution < -0.4 is 10.6 Å². The zero-order chi connectivity index (χ0) is 22.4. The number of aromatic nitrogens is 6. The summed E-state index contributed by atoms with van der Waals surface area (Å²) in [5.41, 5.74) is 8.05. The number of hydrogen-bond donors (Lipinski definition) is 1. The minimum Gasteiger partial charge on any atom is -0.355 e. The Kier molecular flexibility index (Phi) is 5.12. The third kappa shape index (κ3) is 3.60. The molecule has 168 valence electrons. The highest BCUT2D eigenvalue weighted by Crippen LogP contribution is 2.48. The van der Waals surface area contributed by atoms with Gasteiger partial charge in [-0.25, -0.2) is 19.6 Å². The lowest BCUT2D eigenvalue weighted by Crippen LogP contribution is -2.44. The van der Waals surface area contributed by atoms with E-state index >= 15 is 0 Å². The van der Waals surface area contributed by atoms with Gasteiger partial charge in [-0.1, -0.05) is 23.4 Å². The minimum atomic E-state index is 0.108. The molecule has 8 nitrogen and oxygen atoms in total. The molecule has 0 amide bonds. The second kappa shape index (κ2) is 8.16. The van der Waals surface area contributed by atoms with Gasteiger partial charge in [0, 0.05) is 60.4 Å². The van der Waals surface area contributed by atoms with Crippen molar-refractivity contribution in [2.45, 2.75) is 35.3 Å². The summed E-state index contributed by atoms with van der Waals surface area (Å²) in [6.45, 7) is 2.88. The Hall–Kier alpha value is -2.88. The Morgan fingerprint density at radius 2 is 1.91 bits per heavy atom. The van der Waals surface area contributed by atoms with Gasteiger partial charge in [-0.15, -0.1) is 0 Å². The summed E-state index contributed by atoms with van der Waals surface area (Å²) >= 11 is 8.05. The van der Waals surface area contributed by atoms with Gasteiger partial charge in [-0.2, -0.15) is 5.10 Å². The van der Waals surface area contributed by atoms with Crippen LogP contribution in [0.4, 0.5) is 5.82 Å². The van der Waals surface area contributed by atoms with E-state index in [2.05, 4.69) is 42.9 Å². The first-order valence-electron chi connectivity index (χ1n) is 10.9. The molecule has 1 fully saturated rings. The predicted octanol–water partition coefficient (Wildman–Crippen LogP) is 3.96. The number of halogens is 1.